The van der Waals surface area contributed by atoms with Crippen LogP contribution in [0.15, 0.2) is 23.9 Å². The van der Waals surface area contributed by atoms with Crippen molar-refractivity contribution in [3.63, 3.8) is 0 Å². The number of hydrogen-bond acceptors (Lipinski definition) is 4. The number of aromatic amines is 1. The van der Waals surface area contributed by atoms with Crippen molar-refractivity contribution in [3.05, 3.63) is 29.6 Å². The van der Waals surface area contributed by atoms with E-state index in [2.05, 4.69) is 20.6 Å². The summed E-state index contributed by atoms with van der Waals surface area (Å²) in [6.45, 7) is 0. The van der Waals surface area contributed by atoms with Crippen LogP contribution < -0.4 is 10.6 Å². The predicted octanol–water partition coefficient (Wildman–Crippen LogP) is -0.991. The van der Waals surface area contributed by atoms with E-state index in [0.717, 1.165) is 0 Å². The number of carbonyl (C=O) groups excluding carboxylic acids is 2. The molecular formula is C10H12N4O3. The average molecular weight is 236 g/mol. The molecule has 0 bridgehead atoms. The highest BCUT2D eigenvalue weighted by atomic mass is 16.3. The number of aromatic nitrogens is 2. The van der Waals surface area contributed by atoms with Gasteiger partial charge in [0, 0.05) is 19.7 Å². The van der Waals surface area contributed by atoms with Gasteiger partial charge in [0.25, 0.3) is 11.8 Å². The molecule has 90 valence electrons. The first-order valence-corrected chi connectivity index (χ1v) is 5.07. The number of imidazole rings is 1. The van der Waals surface area contributed by atoms with Gasteiger partial charge in [0.15, 0.2) is 0 Å². The molecule has 4 N–H and O–H groups in total. The molecule has 17 heavy (non-hydrogen) atoms. The molecular weight excluding hydrogens is 224 g/mol. The van der Waals surface area contributed by atoms with Gasteiger partial charge < -0.3 is 20.7 Å². The summed E-state index contributed by atoms with van der Waals surface area (Å²) in [5.74, 6) is -1.40. The lowest BCUT2D eigenvalue weighted by Gasteiger charge is -2.08. The monoisotopic (exact) mass is 236 g/mol. The smallest absolute Gasteiger partial charge is 0.261 e. The Morgan fingerprint density at radius 2 is 2.41 bits per heavy atom. The quantitative estimate of drug-likeness (QED) is 0.505. The van der Waals surface area contributed by atoms with E-state index in [1.54, 1.807) is 6.20 Å². The second kappa shape index (κ2) is 4.28. The molecule has 1 aliphatic rings. The number of carbonyl (C=O) groups is 2. The first-order valence-electron chi connectivity index (χ1n) is 5.07. The van der Waals surface area contributed by atoms with Crippen LogP contribution in [0, 0.1) is 0 Å². The van der Waals surface area contributed by atoms with Crippen LogP contribution in [-0.2, 0) is 16.0 Å². The number of rotatable bonds is 3. The summed E-state index contributed by atoms with van der Waals surface area (Å²) >= 11 is 0. The van der Waals surface area contributed by atoms with Crippen molar-refractivity contribution in [1.29, 1.82) is 0 Å². The molecule has 1 unspecified atom stereocenters. The van der Waals surface area contributed by atoms with Gasteiger partial charge in [-0.05, 0) is 0 Å². The number of likely N-dealkylation sites (N-methyl/N-ethyl adjacent to an activating group) is 1. The number of hydrogen-bond donors (Lipinski definition) is 4. The lowest BCUT2D eigenvalue weighted by Crippen LogP contribution is -2.32. The zero-order valence-corrected chi connectivity index (χ0v) is 9.15. The van der Waals surface area contributed by atoms with Crippen LogP contribution in [0.25, 0.3) is 0 Å². The first kappa shape index (κ1) is 11.2. The molecule has 2 heterocycles. The van der Waals surface area contributed by atoms with Gasteiger partial charge in [0.1, 0.15) is 11.3 Å². The van der Waals surface area contributed by atoms with Gasteiger partial charge in [-0.25, -0.2) is 4.98 Å². The lowest BCUT2D eigenvalue weighted by molar-refractivity contribution is -0.122. The van der Waals surface area contributed by atoms with Crippen LogP contribution in [0.3, 0.4) is 0 Å². The molecule has 2 amide bonds. The van der Waals surface area contributed by atoms with Gasteiger partial charge in [-0.15, -0.1) is 0 Å². The predicted molar refractivity (Wildman–Crippen MR) is 57.9 cm³/mol. The normalized spacial score (nSPS) is 19.4. The topological polar surface area (TPSA) is 107 Å². The van der Waals surface area contributed by atoms with Gasteiger partial charge in [0.2, 0.25) is 0 Å². The van der Waals surface area contributed by atoms with Crippen LogP contribution >= 0.6 is 0 Å². The summed E-state index contributed by atoms with van der Waals surface area (Å²) < 4.78 is 0. The molecule has 2 rings (SSSR count). The minimum Gasteiger partial charge on any atom is -0.509 e. The van der Waals surface area contributed by atoms with Gasteiger partial charge >= 0.3 is 0 Å². The highest BCUT2D eigenvalue weighted by Crippen LogP contribution is 2.17. The van der Waals surface area contributed by atoms with E-state index >= 15 is 0 Å². The van der Waals surface area contributed by atoms with Gasteiger partial charge in [-0.1, -0.05) is 0 Å². The molecule has 7 heteroatoms. The Bertz CT molecular complexity index is 478. The Morgan fingerprint density at radius 3 is 3.00 bits per heavy atom. The minimum absolute atomic E-state index is 0.229. The van der Waals surface area contributed by atoms with E-state index in [-0.39, 0.29) is 11.3 Å². The van der Waals surface area contributed by atoms with Crippen LogP contribution in [0.4, 0.5) is 0 Å². The minimum atomic E-state index is -0.599. The maximum Gasteiger partial charge on any atom is 0.261 e. The van der Waals surface area contributed by atoms with Crippen LogP contribution in [0.2, 0.25) is 0 Å². The number of H-pyrrole nitrogens is 1. The van der Waals surface area contributed by atoms with Crippen molar-refractivity contribution in [2.45, 2.75) is 12.5 Å². The summed E-state index contributed by atoms with van der Waals surface area (Å²) in [5.41, 5.74) is 0.466. The van der Waals surface area contributed by atoms with Crippen molar-refractivity contribution < 1.29 is 14.7 Å². The van der Waals surface area contributed by atoms with E-state index in [0.29, 0.717) is 12.1 Å². The Hall–Kier alpha value is -2.31. The standard InChI is InChI=1S/C10H12N4O3/c1-11-9(16)7-8(15)6(14-10(7)17)2-5-3-12-4-13-5/h3-4,6,15H,2H2,1H3,(H,11,16)(H,12,13)(H,14,17). The van der Waals surface area contributed by atoms with Crippen molar-refractivity contribution in [1.82, 2.24) is 20.6 Å². The zero-order chi connectivity index (χ0) is 12.4. The second-order valence-corrected chi connectivity index (χ2v) is 3.63. The maximum atomic E-state index is 11.5. The average Bonchev–Trinajstić information content (AvgIpc) is 2.89. The fourth-order valence-corrected chi connectivity index (χ4v) is 1.69. The van der Waals surface area contributed by atoms with Gasteiger partial charge in [0.05, 0.1) is 18.1 Å². The third kappa shape index (κ3) is 1.99. The number of amides is 2. The van der Waals surface area contributed by atoms with Crippen LogP contribution in [0.5, 0.6) is 0 Å². The van der Waals surface area contributed by atoms with Crippen LogP contribution in [-0.4, -0.2) is 40.0 Å². The summed E-state index contributed by atoms with van der Waals surface area (Å²) in [7, 11) is 1.40. The molecule has 1 aromatic heterocycles. The second-order valence-electron chi connectivity index (χ2n) is 3.63. The fourth-order valence-electron chi connectivity index (χ4n) is 1.69. The number of aliphatic hydroxyl groups is 1. The molecule has 1 aromatic rings. The Morgan fingerprint density at radius 1 is 1.65 bits per heavy atom. The van der Waals surface area contributed by atoms with Crippen molar-refractivity contribution >= 4 is 11.8 Å². The molecule has 0 aromatic carbocycles. The summed E-state index contributed by atoms with van der Waals surface area (Å²) in [6.07, 6.45) is 3.51. The SMILES string of the molecule is CNC(=O)C1=C(O)C(Cc2c[nH]cn2)NC1=O. The third-order valence-electron chi connectivity index (χ3n) is 2.54. The maximum absolute atomic E-state index is 11.5. The highest BCUT2D eigenvalue weighted by Gasteiger charge is 2.35. The molecule has 1 atom stereocenters. The lowest BCUT2D eigenvalue weighted by atomic mass is 10.1. The third-order valence-corrected chi connectivity index (χ3v) is 2.54. The van der Waals surface area contributed by atoms with Gasteiger partial charge in [-0.2, -0.15) is 0 Å². The number of nitrogens with zero attached hydrogens (tertiary/aromatic N) is 1. The molecule has 0 fully saturated rings. The van der Waals surface area contributed by atoms with E-state index in [9.17, 15) is 14.7 Å². The van der Waals surface area contributed by atoms with Gasteiger partial charge in [-0.3, -0.25) is 9.59 Å². The molecule has 1 aliphatic heterocycles. The summed E-state index contributed by atoms with van der Waals surface area (Å²) in [4.78, 5) is 29.6. The Balaban J connectivity index is 2.20. The highest BCUT2D eigenvalue weighted by molar-refractivity contribution is 6.20. The zero-order valence-electron chi connectivity index (χ0n) is 9.15. The summed E-state index contributed by atoms with van der Waals surface area (Å²) in [6, 6.07) is -0.599. The van der Waals surface area contributed by atoms with Crippen molar-refractivity contribution in [2.24, 2.45) is 0 Å². The molecule has 0 saturated carbocycles. The van der Waals surface area contributed by atoms with Crippen molar-refractivity contribution in [2.75, 3.05) is 7.05 Å². The van der Waals surface area contributed by atoms with Crippen molar-refractivity contribution in [3.8, 4) is 0 Å². The molecule has 0 spiro atoms. The van der Waals surface area contributed by atoms with E-state index in [4.69, 9.17) is 0 Å². The Labute approximate surface area is 96.9 Å². The fraction of sp³-hybridized carbons (Fsp3) is 0.300. The first-order chi connectivity index (χ1) is 8.13. The molecule has 0 radical (unpaired) electrons. The molecule has 0 aliphatic carbocycles. The Kier molecular flexibility index (Phi) is 2.82. The van der Waals surface area contributed by atoms with E-state index < -0.39 is 17.9 Å². The van der Waals surface area contributed by atoms with E-state index in [1.807, 2.05) is 0 Å². The number of nitrogens with one attached hydrogen (secondary N) is 3. The number of aliphatic hydroxyl groups excluding tert-OH is 1. The van der Waals surface area contributed by atoms with E-state index in [1.165, 1.54) is 13.4 Å². The molecule has 0 saturated heterocycles. The largest absolute Gasteiger partial charge is 0.509 e. The molecule has 7 nitrogen and oxygen atoms in total. The summed E-state index contributed by atoms with van der Waals surface area (Å²) in [5, 5.41) is 14.7. The van der Waals surface area contributed by atoms with Crippen LogP contribution in [0.1, 0.15) is 5.69 Å².